The molecule has 0 bridgehead atoms. The van der Waals surface area contributed by atoms with Gasteiger partial charge in [0.2, 0.25) is 5.91 Å². The number of carbonyl (C=O) groups excluding carboxylic acids is 1. The topological polar surface area (TPSA) is 41.6 Å². The second-order valence-corrected chi connectivity index (χ2v) is 7.19. The zero-order chi connectivity index (χ0) is 19.9. The van der Waals surface area contributed by atoms with Crippen LogP contribution in [0.4, 0.5) is 11.4 Å². The lowest BCUT2D eigenvalue weighted by atomic mass is 10.1. The van der Waals surface area contributed by atoms with E-state index in [0.29, 0.717) is 6.42 Å². The number of rotatable bonds is 15. The molecule has 0 radical (unpaired) electrons. The molecule has 1 amide bonds. The van der Waals surface area contributed by atoms with Crippen molar-refractivity contribution < 1.29 is 9.53 Å². The van der Waals surface area contributed by atoms with Crippen LogP contribution >= 0.6 is 0 Å². The summed E-state index contributed by atoms with van der Waals surface area (Å²) in [6.07, 6.45) is 12.0. The third-order valence-electron chi connectivity index (χ3n) is 5.07. The predicted molar refractivity (Wildman–Crippen MR) is 117 cm³/mol. The van der Waals surface area contributed by atoms with Gasteiger partial charge in [-0.15, -0.1) is 0 Å². The molecule has 0 heterocycles. The third-order valence-corrected chi connectivity index (χ3v) is 5.07. The fourth-order valence-corrected chi connectivity index (χ4v) is 3.40. The van der Waals surface area contributed by atoms with Crippen molar-refractivity contribution in [1.82, 2.24) is 0 Å². The number of hydrogen-bond acceptors (Lipinski definition) is 3. The first-order chi connectivity index (χ1) is 13.2. The van der Waals surface area contributed by atoms with Crippen LogP contribution in [0.1, 0.15) is 85.0 Å². The Labute approximate surface area is 166 Å². The summed E-state index contributed by atoms with van der Waals surface area (Å²) in [5, 5.41) is 3.04. The molecule has 4 heteroatoms. The summed E-state index contributed by atoms with van der Waals surface area (Å²) in [6, 6.07) is 5.86. The second kappa shape index (κ2) is 14.4. The van der Waals surface area contributed by atoms with E-state index in [-0.39, 0.29) is 5.91 Å². The van der Waals surface area contributed by atoms with E-state index in [9.17, 15) is 4.79 Å². The van der Waals surface area contributed by atoms with E-state index < -0.39 is 0 Å². The van der Waals surface area contributed by atoms with Crippen LogP contribution in [0.2, 0.25) is 0 Å². The van der Waals surface area contributed by atoms with Crippen LogP contribution in [0.5, 0.6) is 5.75 Å². The largest absolute Gasteiger partial charge is 0.495 e. The van der Waals surface area contributed by atoms with Gasteiger partial charge in [0, 0.05) is 25.2 Å². The molecule has 27 heavy (non-hydrogen) atoms. The standard InChI is InChI=1S/C23H40N2O2/c1-5-8-9-10-11-12-13-14-15-16-23(26)24-20-17-18-22(27-4)21(19-20)25(6-2)7-3/h17-19H,5-16H2,1-4H3,(H,24,26). The molecule has 0 saturated heterocycles. The van der Waals surface area contributed by atoms with Crippen molar-refractivity contribution in [3.63, 3.8) is 0 Å². The number of carbonyl (C=O) groups is 1. The number of unbranched alkanes of at least 4 members (excludes halogenated alkanes) is 8. The van der Waals surface area contributed by atoms with Gasteiger partial charge in [-0.2, -0.15) is 0 Å². The van der Waals surface area contributed by atoms with Crippen molar-refractivity contribution in [1.29, 1.82) is 0 Å². The van der Waals surface area contributed by atoms with Gasteiger partial charge in [0.05, 0.1) is 12.8 Å². The molecule has 0 atom stereocenters. The van der Waals surface area contributed by atoms with E-state index in [2.05, 4.69) is 31.0 Å². The van der Waals surface area contributed by atoms with E-state index in [1.165, 1.54) is 44.9 Å². The Hall–Kier alpha value is -1.71. The van der Waals surface area contributed by atoms with Crippen LogP contribution in [-0.4, -0.2) is 26.1 Å². The van der Waals surface area contributed by atoms with Crippen LogP contribution in [-0.2, 0) is 4.79 Å². The average Bonchev–Trinajstić information content (AvgIpc) is 2.68. The number of methoxy groups -OCH3 is 1. The quantitative estimate of drug-likeness (QED) is 0.360. The summed E-state index contributed by atoms with van der Waals surface area (Å²) in [4.78, 5) is 14.5. The molecule has 0 aliphatic carbocycles. The van der Waals surface area contributed by atoms with Gasteiger partial charge in [-0.1, -0.05) is 58.3 Å². The zero-order valence-corrected chi connectivity index (χ0v) is 18.0. The summed E-state index contributed by atoms with van der Waals surface area (Å²) < 4.78 is 5.47. The van der Waals surface area contributed by atoms with Crippen LogP contribution < -0.4 is 15.0 Å². The highest BCUT2D eigenvalue weighted by Crippen LogP contribution is 2.31. The van der Waals surface area contributed by atoms with Crippen molar-refractivity contribution in [2.75, 3.05) is 30.4 Å². The molecular formula is C23H40N2O2. The van der Waals surface area contributed by atoms with Gasteiger partial charge in [0.1, 0.15) is 5.75 Å². The first-order valence-electron chi connectivity index (χ1n) is 10.9. The van der Waals surface area contributed by atoms with Crippen LogP contribution in [0, 0.1) is 0 Å². The number of nitrogens with one attached hydrogen (secondary N) is 1. The maximum Gasteiger partial charge on any atom is 0.224 e. The first-order valence-corrected chi connectivity index (χ1v) is 10.9. The lowest BCUT2D eigenvalue weighted by Gasteiger charge is -2.24. The maximum atomic E-state index is 12.2. The van der Waals surface area contributed by atoms with Crippen molar-refractivity contribution in [2.45, 2.75) is 85.0 Å². The van der Waals surface area contributed by atoms with Gasteiger partial charge in [0.15, 0.2) is 0 Å². The lowest BCUT2D eigenvalue weighted by molar-refractivity contribution is -0.116. The zero-order valence-electron chi connectivity index (χ0n) is 18.0. The summed E-state index contributed by atoms with van der Waals surface area (Å²) in [5.41, 5.74) is 1.88. The van der Waals surface area contributed by atoms with Crippen molar-refractivity contribution >= 4 is 17.3 Å². The van der Waals surface area contributed by atoms with Crippen molar-refractivity contribution in [2.24, 2.45) is 0 Å². The molecule has 1 rings (SSSR count). The van der Waals surface area contributed by atoms with Crippen molar-refractivity contribution in [3.05, 3.63) is 18.2 Å². The normalized spacial score (nSPS) is 10.7. The summed E-state index contributed by atoms with van der Waals surface area (Å²) in [5.74, 6) is 0.948. The molecular weight excluding hydrogens is 336 g/mol. The number of amides is 1. The number of anilines is 2. The Balaban J connectivity index is 2.34. The Morgan fingerprint density at radius 3 is 2.07 bits per heavy atom. The fourth-order valence-electron chi connectivity index (χ4n) is 3.40. The van der Waals surface area contributed by atoms with Gasteiger partial charge in [-0.25, -0.2) is 0 Å². The molecule has 1 N–H and O–H groups in total. The van der Waals surface area contributed by atoms with Gasteiger partial charge < -0.3 is 15.0 Å². The molecule has 1 aromatic rings. The molecule has 0 spiro atoms. The van der Waals surface area contributed by atoms with E-state index in [4.69, 9.17) is 4.74 Å². The number of ether oxygens (including phenoxy) is 1. The lowest BCUT2D eigenvalue weighted by Crippen LogP contribution is -2.22. The molecule has 0 saturated carbocycles. The van der Waals surface area contributed by atoms with E-state index in [0.717, 1.165) is 43.1 Å². The van der Waals surface area contributed by atoms with Gasteiger partial charge >= 0.3 is 0 Å². The first kappa shape index (κ1) is 23.3. The van der Waals surface area contributed by atoms with E-state index in [1.54, 1.807) is 7.11 Å². The minimum atomic E-state index is 0.105. The van der Waals surface area contributed by atoms with Gasteiger partial charge in [-0.3, -0.25) is 4.79 Å². The fraction of sp³-hybridized carbons (Fsp3) is 0.696. The molecule has 0 aliphatic rings. The number of hydrogen-bond donors (Lipinski definition) is 1. The monoisotopic (exact) mass is 376 g/mol. The Bertz CT molecular complexity index is 527. The minimum Gasteiger partial charge on any atom is -0.495 e. The van der Waals surface area contributed by atoms with Gasteiger partial charge in [-0.05, 0) is 38.5 Å². The average molecular weight is 377 g/mol. The van der Waals surface area contributed by atoms with Crippen LogP contribution in [0.25, 0.3) is 0 Å². The third kappa shape index (κ3) is 9.16. The van der Waals surface area contributed by atoms with Crippen LogP contribution in [0.3, 0.4) is 0 Å². The Morgan fingerprint density at radius 1 is 0.926 bits per heavy atom. The molecule has 0 aromatic heterocycles. The predicted octanol–water partition coefficient (Wildman–Crippen LogP) is 6.40. The summed E-state index contributed by atoms with van der Waals surface area (Å²) >= 11 is 0. The molecule has 4 nitrogen and oxygen atoms in total. The SMILES string of the molecule is CCCCCCCCCCCC(=O)Nc1ccc(OC)c(N(CC)CC)c1. The highest BCUT2D eigenvalue weighted by atomic mass is 16.5. The van der Waals surface area contributed by atoms with E-state index in [1.807, 2.05) is 18.2 Å². The Morgan fingerprint density at radius 2 is 1.52 bits per heavy atom. The van der Waals surface area contributed by atoms with E-state index >= 15 is 0 Å². The molecule has 0 fully saturated rings. The van der Waals surface area contributed by atoms with Crippen molar-refractivity contribution in [3.8, 4) is 5.75 Å². The Kier molecular flexibility index (Phi) is 12.4. The highest BCUT2D eigenvalue weighted by molar-refractivity contribution is 5.91. The highest BCUT2D eigenvalue weighted by Gasteiger charge is 2.11. The molecule has 0 unspecified atom stereocenters. The minimum absolute atomic E-state index is 0.105. The molecule has 154 valence electrons. The van der Waals surface area contributed by atoms with Gasteiger partial charge in [0.25, 0.3) is 0 Å². The second-order valence-electron chi connectivity index (χ2n) is 7.19. The van der Waals surface area contributed by atoms with Crippen LogP contribution in [0.15, 0.2) is 18.2 Å². The molecule has 0 aliphatic heterocycles. The smallest absolute Gasteiger partial charge is 0.224 e. The number of nitrogens with zero attached hydrogens (tertiary/aromatic N) is 1. The summed E-state index contributed by atoms with van der Waals surface area (Å²) in [6.45, 7) is 8.31. The number of benzene rings is 1. The maximum absolute atomic E-state index is 12.2. The summed E-state index contributed by atoms with van der Waals surface area (Å²) in [7, 11) is 1.68. The molecule has 1 aromatic carbocycles.